The summed E-state index contributed by atoms with van der Waals surface area (Å²) < 4.78 is 0. The van der Waals surface area contributed by atoms with Gasteiger partial charge in [0.05, 0.1) is 0 Å². The summed E-state index contributed by atoms with van der Waals surface area (Å²) in [4.78, 5) is 28.8. The van der Waals surface area contributed by atoms with Crippen molar-refractivity contribution in [1.29, 1.82) is 0 Å². The highest BCUT2D eigenvalue weighted by Crippen LogP contribution is 2.29. The van der Waals surface area contributed by atoms with Gasteiger partial charge in [-0.1, -0.05) is 0 Å². The van der Waals surface area contributed by atoms with Crippen molar-refractivity contribution in [3.8, 4) is 0 Å². The Bertz CT molecular complexity index is 557. The number of carbonyl (C=O) groups excluding carboxylic acids is 2. The Morgan fingerprint density at radius 3 is 2.14 bits per heavy atom. The Morgan fingerprint density at radius 1 is 1.05 bits per heavy atom. The molecule has 1 aliphatic rings. The largest absolute Gasteiger partial charge is 0.357 e. The minimum absolute atomic E-state index is 0.0341. The van der Waals surface area contributed by atoms with Gasteiger partial charge in [-0.15, -0.1) is 0 Å². The van der Waals surface area contributed by atoms with E-state index in [2.05, 4.69) is 4.98 Å². The lowest BCUT2D eigenvalue weighted by Crippen LogP contribution is -2.46. The number of urea groups is 2. The zero-order chi connectivity index (χ0) is 15.6. The van der Waals surface area contributed by atoms with Crippen LogP contribution in [0.25, 0.3) is 0 Å². The normalized spacial score (nSPS) is 14.1. The third kappa shape index (κ3) is 2.95. The van der Waals surface area contributed by atoms with Crippen molar-refractivity contribution in [1.82, 2.24) is 4.98 Å². The van der Waals surface area contributed by atoms with E-state index >= 15 is 0 Å². The molecule has 2 heterocycles. The first-order valence-corrected chi connectivity index (χ1v) is 6.36. The van der Waals surface area contributed by atoms with Crippen molar-refractivity contribution in [2.24, 2.45) is 23.2 Å². The first-order chi connectivity index (χ1) is 9.91. The molecule has 10 heteroatoms. The van der Waals surface area contributed by atoms with E-state index in [0.29, 0.717) is 15.8 Å². The van der Waals surface area contributed by atoms with Gasteiger partial charge in [0.1, 0.15) is 11.5 Å². The number of primary amides is 2. The fourth-order valence-corrected chi connectivity index (χ4v) is 2.14. The summed E-state index contributed by atoms with van der Waals surface area (Å²) in [5.74, 6) is 11.7. The van der Waals surface area contributed by atoms with Crippen LogP contribution in [0.4, 0.5) is 26.9 Å². The van der Waals surface area contributed by atoms with E-state index < -0.39 is 12.1 Å². The van der Waals surface area contributed by atoms with Gasteiger partial charge in [0.25, 0.3) is 0 Å². The molecule has 0 radical (unpaired) electrons. The van der Waals surface area contributed by atoms with Crippen molar-refractivity contribution in [3.05, 3.63) is 12.1 Å². The highest BCUT2D eigenvalue weighted by atomic mass is 16.2. The number of carbonyl (C=O) groups is 2. The molecule has 0 unspecified atom stereocenters. The van der Waals surface area contributed by atoms with E-state index in [9.17, 15) is 9.59 Å². The maximum absolute atomic E-state index is 11.3. The molecular formula is C11H18N8O2. The summed E-state index contributed by atoms with van der Waals surface area (Å²) in [7, 11) is 0. The predicted molar refractivity (Wildman–Crippen MR) is 78.2 cm³/mol. The van der Waals surface area contributed by atoms with Gasteiger partial charge in [-0.2, -0.15) is 0 Å². The molecule has 21 heavy (non-hydrogen) atoms. The minimum Gasteiger partial charge on any atom is -0.357 e. The number of hydrogen-bond acceptors (Lipinski definition) is 6. The van der Waals surface area contributed by atoms with Gasteiger partial charge in [0.2, 0.25) is 0 Å². The summed E-state index contributed by atoms with van der Waals surface area (Å²) in [6, 6.07) is 1.36. The molecule has 0 aromatic carbocycles. The molecule has 2 rings (SSSR count). The maximum Gasteiger partial charge on any atom is 0.335 e. The summed E-state index contributed by atoms with van der Waals surface area (Å²) in [5, 5.41) is 1.27. The molecule has 114 valence electrons. The van der Waals surface area contributed by atoms with E-state index in [1.807, 2.05) is 4.90 Å². The molecule has 1 fully saturated rings. The molecule has 0 saturated carbocycles. The number of rotatable bonds is 3. The van der Waals surface area contributed by atoms with E-state index in [4.69, 9.17) is 23.2 Å². The Labute approximate surface area is 121 Å². The zero-order valence-corrected chi connectivity index (χ0v) is 11.4. The van der Waals surface area contributed by atoms with Crippen molar-refractivity contribution in [2.45, 2.75) is 12.8 Å². The van der Waals surface area contributed by atoms with Crippen molar-refractivity contribution in [3.63, 3.8) is 0 Å². The van der Waals surface area contributed by atoms with Crippen LogP contribution in [0, 0.1) is 0 Å². The third-order valence-corrected chi connectivity index (χ3v) is 3.23. The highest BCUT2D eigenvalue weighted by molar-refractivity contribution is 5.98. The first kappa shape index (κ1) is 14.8. The quantitative estimate of drug-likeness (QED) is 0.324. The fourth-order valence-electron chi connectivity index (χ4n) is 2.14. The van der Waals surface area contributed by atoms with Crippen LogP contribution in [-0.2, 0) is 0 Å². The lowest BCUT2D eigenvalue weighted by molar-refractivity contribution is 0.252. The Balaban J connectivity index is 2.45. The molecular weight excluding hydrogens is 276 g/mol. The molecule has 0 bridgehead atoms. The van der Waals surface area contributed by atoms with Gasteiger partial charge in [0.15, 0.2) is 5.82 Å². The van der Waals surface area contributed by atoms with Gasteiger partial charge in [-0.05, 0) is 25.0 Å². The zero-order valence-electron chi connectivity index (χ0n) is 11.4. The molecule has 0 aliphatic carbocycles. The summed E-state index contributed by atoms with van der Waals surface area (Å²) in [5.41, 5.74) is 10.4. The second-order valence-electron chi connectivity index (χ2n) is 4.62. The van der Waals surface area contributed by atoms with Crippen LogP contribution in [0.3, 0.4) is 0 Å². The third-order valence-electron chi connectivity index (χ3n) is 3.23. The Kier molecular flexibility index (Phi) is 4.10. The number of hydrogen-bond donors (Lipinski definition) is 4. The van der Waals surface area contributed by atoms with E-state index in [0.717, 1.165) is 25.9 Å². The first-order valence-electron chi connectivity index (χ1n) is 6.36. The molecule has 0 spiro atoms. The molecule has 1 aromatic rings. The monoisotopic (exact) mass is 294 g/mol. The summed E-state index contributed by atoms with van der Waals surface area (Å²) >= 11 is 0. The summed E-state index contributed by atoms with van der Waals surface area (Å²) in [6.07, 6.45) is 2.12. The van der Waals surface area contributed by atoms with Crippen molar-refractivity contribution < 1.29 is 9.59 Å². The molecule has 0 atom stereocenters. The lowest BCUT2D eigenvalue weighted by atomic mass is 10.3. The van der Waals surface area contributed by atoms with E-state index in [1.165, 1.54) is 6.07 Å². The van der Waals surface area contributed by atoms with Gasteiger partial charge >= 0.3 is 12.1 Å². The average Bonchev–Trinajstić information content (AvgIpc) is 2.99. The lowest BCUT2D eigenvalue weighted by Gasteiger charge is -2.24. The van der Waals surface area contributed by atoms with Crippen LogP contribution in [0.15, 0.2) is 12.1 Å². The van der Waals surface area contributed by atoms with Crippen molar-refractivity contribution >= 4 is 29.4 Å². The SMILES string of the molecule is NC(=O)N(N)c1ccc(N2CCCC2)nc1N(N)C(N)=O. The topological polar surface area (TPSA) is 161 Å². The van der Waals surface area contributed by atoms with Crippen LogP contribution in [0.5, 0.6) is 0 Å². The maximum atomic E-state index is 11.3. The van der Waals surface area contributed by atoms with Crippen LogP contribution < -0.4 is 38.1 Å². The van der Waals surface area contributed by atoms with Crippen LogP contribution >= 0.6 is 0 Å². The number of hydrazine groups is 2. The molecule has 1 saturated heterocycles. The molecule has 4 amide bonds. The van der Waals surface area contributed by atoms with Crippen LogP contribution in [-0.4, -0.2) is 30.1 Å². The van der Waals surface area contributed by atoms with Crippen LogP contribution in [0.1, 0.15) is 12.8 Å². The Hall–Kier alpha value is -2.59. The second kappa shape index (κ2) is 5.81. The molecule has 1 aliphatic heterocycles. The number of nitrogens with zero attached hydrogens (tertiary/aromatic N) is 4. The average molecular weight is 294 g/mol. The van der Waals surface area contributed by atoms with Gasteiger partial charge in [0, 0.05) is 13.1 Å². The standard InChI is InChI=1S/C11H18N8O2/c12-10(20)18(14)7-3-4-8(17-5-1-2-6-17)16-9(7)19(15)11(13)21/h3-4H,1-2,5-6,14-15H2,(H2,12,20)(H2,13,21). The number of pyridine rings is 1. The smallest absolute Gasteiger partial charge is 0.335 e. The number of aromatic nitrogens is 1. The van der Waals surface area contributed by atoms with Gasteiger partial charge in [-0.3, -0.25) is 0 Å². The number of anilines is 3. The van der Waals surface area contributed by atoms with Crippen LogP contribution in [0.2, 0.25) is 0 Å². The molecule has 10 nitrogen and oxygen atoms in total. The van der Waals surface area contributed by atoms with Gasteiger partial charge < -0.3 is 16.4 Å². The van der Waals surface area contributed by atoms with E-state index in [1.54, 1.807) is 6.07 Å². The predicted octanol–water partition coefficient (Wildman–Crippen LogP) is -0.801. The molecule has 8 N–H and O–H groups in total. The highest BCUT2D eigenvalue weighted by Gasteiger charge is 2.23. The number of amides is 4. The Morgan fingerprint density at radius 2 is 1.62 bits per heavy atom. The summed E-state index contributed by atoms with van der Waals surface area (Å²) in [6.45, 7) is 1.71. The molecule has 1 aromatic heterocycles. The minimum atomic E-state index is -0.930. The van der Waals surface area contributed by atoms with Gasteiger partial charge in [-0.25, -0.2) is 36.3 Å². The number of nitrogens with two attached hydrogens (primary N) is 4. The van der Waals surface area contributed by atoms with E-state index in [-0.39, 0.29) is 11.5 Å². The van der Waals surface area contributed by atoms with Crippen molar-refractivity contribution in [2.75, 3.05) is 28.0 Å². The fraction of sp³-hybridized carbons (Fsp3) is 0.364. The second-order valence-corrected chi connectivity index (χ2v) is 4.62.